The van der Waals surface area contributed by atoms with Gasteiger partial charge in [-0.05, 0) is 47.0 Å². The highest BCUT2D eigenvalue weighted by atomic mass is 79.9. The first kappa shape index (κ1) is 12.8. The number of aryl methyl sites for hydroxylation is 1. The van der Waals surface area contributed by atoms with Gasteiger partial charge in [0, 0.05) is 22.7 Å². The summed E-state index contributed by atoms with van der Waals surface area (Å²) in [7, 11) is 0. The number of halogens is 2. The number of hydrogen-bond donors (Lipinski definition) is 0. The van der Waals surface area contributed by atoms with Crippen LogP contribution in [0.4, 0.5) is 0 Å². The monoisotopic (exact) mass is 336 g/mol. The number of hydrogen-bond acceptors (Lipinski definition) is 3. The summed E-state index contributed by atoms with van der Waals surface area (Å²) in [6.07, 6.45) is 3.93. The Hall–Kier alpha value is -1.26. The Morgan fingerprint density at radius 3 is 2.89 bits per heavy atom. The lowest BCUT2D eigenvalue weighted by atomic mass is 9.96. The third-order valence-corrected chi connectivity index (χ3v) is 4.40. The van der Waals surface area contributed by atoms with Gasteiger partial charge in [0.05, 0.1) is 16.3 Å². The van der Waals surface area contributed by atoms with Crippen molar-refractivity contribution in [3.63, 3.8) is 0 Å². The Balaban J connectivity index is 2.06. The van der Waals surface area contributed by atoms with Crippen LogP contribution in [-0.4, -0.2) is 15.8 Å². The van der Waals surface area contributed by atoms with Crippen molar-refractivity contribution >= 4 is 33.3 Å². The lowest BCUT2D eigenvalue weighted by molar-refractivity contribution is 0.0971. The molecule has 0 fully saturated rings. The summed E-state index contributed by atoms with van der Waals surface area (Å²) in [5.41, 5.74) is 2.37. The normalized spacial score (nSPS) is 14.3. The molecule has 0 saturated carbocycles. The second-order valence-electron chi connectivity index (χ2n) is 4.46. The molecule has 0 spiro atoms. The summed E-state index contributed by atoms with van der Waals surface area (Å²) in [5.74, 6) is 0.754. The van der Waals surface area contributed by atoms with Gasteiger partial charge in [0.1, 0.15) is 0 Å². The number of carbonyl (C=O) groups is 1. The van der Waals surface area contributed by atoms with Crippen LogP contribution in [0.2, 0.25) is 5.02 Å². The van der Waals surface area contributed by atoms with E-state index in [4.69, 9.17) is 11.6 Å². The predicted molar refractivity (Wildman–Crippen MR) is 77.4 cm³/mol. The van der Waals surface area contributed by atoms with E-state index in [1.54, 1.807) is 6.20 Å². The molecule has 0 radical (unpaired) electrons. The van der Waals surface area contributed by atoms with E-state index in [2.05, 4.69) is 25.9 Å². The highest BCUT2D eigenvalue weighted by Gasteiger charge is 2.19. The van der Waals surface area contributed by atoms with E-state index < -0.39 is 0 Å². The maximum absolute atomic E-state index is 11.7. The van der Waals surface area contributed by atoms with Gasteiger partial charge in [0.25, 0.3) is 0 Å². The van der Waals surface area contributed by atoms with Crippen LogP contribution >= 0.6 is 27.5 Å². The van der Waals surface area contributed by atoms with Gasteiger partial charge < -0.3 is 0 Å². The predicted octanol–water partition coefficient (Wildman–Crippen LogP) is 4.08. The number of nitrogens with zero attached hydrogens (tertiary/aromatic N) is 2. The third kappa shape index (κ3) is 2.42. The number of fused-ring (bicyclic) bond motifs is 1. The number of aromatic nitrogens is 2. The molecule has 96 valence electrons. The van der Waals surface area contributed by atoms with Gasteiger partial charge in [0.2, 0.25) is 0 Å². The molecular formula is C14H10BrClN2O. The van der Waals surface area contributed by atoms with Gasteiger partial charge in [-0.15, -0.1) is 0 Å². The van der Waals surface area contributed by atoms with Crippen molar-refractivity contribution < 1.29 is 4.79 Å². The van der Waals surface area contributed by atoms with E-state index in [0.29, 0.717) is 22.8 Å². The van der Waals surface area contributed by atoms with Crippen LogP contribution in [0.1, 0.15) is 28.9 Å². The highest BCUT2D eigenvalue weighted by Crippen LogP contribution is 2.28. The van der Waals surface area contributed by atoms with Crippen LogP contribution in [0.5, 0.6) is 0 Å². The average Bonchev–Trinajstić information content (AvgIpc) is 2.42. The number of Topliss-reactive ketones (excluding diaryl/α,β-unsaturated/α-hetero) is 1. The minimum absolute atomic E-state index is 0.140. The largest absolute Gasteiger partial charge is 0.294 e. The number of carbonyl (C=O) groups excluding carboxylic acids is 1. The zero-order valence-electron chi connectivity index (χ0n) is 9.99. The summed E-state index contributed by atoms with van der Waals surface area (Å²) in [4.78, 5) is 20.5. The molecule has 0 amide bonds. The third-order valence-electron chi connectivity index (χ3n) is 3.16. The van der Waals surface area contributed by atoms with Crippen molar-refractivity contribution in [3.8, 4) is 11.4 Å². The van der Waals surface area contributed by atoms with E-state index in [1.165, 1.54) is 0 Å². The zero-order valence-corrected chi connectivity index (χ0v) is 12.3. The molecule has 1 aliphatic rings. The zero-order chi connectivity index (χ0) is 13.4. The van der Waals surface area contributed by atoms with E-state index in [-0.39, 0.29) is 5.78 Å². The molecule has 0 N–H and O–H groups in total. The minimum atomic E-state index is 0.140. The van der Waals surface area contributed by atoms with Crippen molar-refractivity contribution in [2.45, 2.75) is 19.3 Å². The van der Waals surface area contributed by atoms with Gasteiger partial charge in [-0.25, -0.2) is 9.97 Å². The van der Waals surface area contributed by atoms with Gasteiger partial charge in [-0.3, -0.25) is 4.79 Å². The Morgan fingerprint density at radius 1 is 1.26 bits per heavy atom. The molecule has 0 unspecified atom stereocenters. The molecule has 19 heavy (non-hydrogen) atoms. The molecule has 0 saturated heterocycles. The van der Waals surface area contributed by atoms with Gasteiger partial charge in [-0.2, -0.15) is 0 Å². The van der Waals surface area contributed by atoms with E-state index in [1.807, 2.05) is 18.2 Å². The average molecular weight is 338 g/mol. The summed E-state index contributed by atoms with van der Waals surface area (Å²) < 4.78 is 0.839. The first-order valence-corrected chi connectivity index (χ1v) is 7.17. The van der Waals surface area contributed by atoms with Crippen LogP contribution in [0.3, 0.4) is 0 Å². The molecule has 5 heteroatoms. The molecule has 0 bridgehead atoms. The second-order valence-corrected chi connectivity index (χ2v) is 5.72. The summed E-state index contributed by atoms with van der Waals surface area (Å²) in [6, 6.07) is 5.59. The smallest absolute Gasteiger partial charge is 0.166 e. The summed E-state index contributed by atoms with van der Waals surface area (Å²) >= 11 is 9.43. The quantitative estimate of drug-likeness (QED) is 0.787. The van der Waals surface area contributed by atoms with E-state index in [0.717, 1.165) is 28.6 Å². The fourth-order valence-corrected chi connectivity index (χ4v) is 2.59. The van der Waals surface area contributed by atoms with Crippen LogP contribution in [-0.2, 0) is 6.42 Å². The molecular weight excluding hydrogens is 328 g/mol. The molecule has 1 aliphatic carbocycles. The molecule has 1 aromatic carbocycles. The highest BCUT2D eigenvalue weighted by molar-refractivity contribution is 9.10. The number of rotatable bonds is 1. The van der Waals surface area contributed by atoms with Crippen LogP contribution in [0.25, 0.3) is 11.4 Å². The van der Waals surface area contributed by atoms with Crippen molar-refractivity contribution in [1.82, 2.24) is 9.97 Å². The summed E-state index contributed by atoms with van der Waals surface area (Å²) in [6.45, 7) is 0. The SMILES string of the molecule is O=C1CCCc2nc(-c3ccc(Br)c(Cl)c3)ncc21. The van der Waals surface area contributed by atoms with E-state index >= 15 is 0 Å². The van der Waals surface area contributed by atoms with Gasteiger partial charge in [0.15, 0.2) is 11.6 Å². The molecule has 3 rings (SSSR count). The fourth-order valence-electron chi connectivity index (χ4n) is 2.17. The molecule has 2 aromatic rings. The lowest BCUT2D eigenvalue weighted by Crippen LogP contribution is -2.13. The van der Waals surface area contributed by atoms with Crippen molar-refractivity contribution in [3.05, 3.63) is 45.1 Å². The van der Waals surface area contributed by atoms with Crippen molar-refractivity contribution in [2.75, 3.05) is 0 Å². The number of benzene rings is 1. The summed E-state index contributed by atoms with van der Waals surface area (Å²) in [5, 5.41) is 0.620. The van der Waals surface area contributed by atoms with Crippen LogP contribution in [0.15, 0.2) is 28.9 Å². The molecule has 1 aromatic heterocycles. The molecule has 1 heterocycles. The lowest BCUT2D eigenvalue weighted by Gasteiger charge is -2.14. The Bertz CT molecular complexity index is 672. The first-order valence-electron chi connectivity index (χ1n) is 5.99. The standard InChI is InChI=1S/C14H10BrClN2O/c15-10-5-4-8(6-11(10)16)14-17-7-9-12(18-14)2-1-3-13(9)19/h4-7H,1-3H2. The minimum Gasteiger partial charge on any atom is -0.294 e. The van der Waals surface area contributed by atoms with E-state index in [9.17, 15) is 4.79 Å². The maximum Gasteiger partial charge on any atom is 0.166 e. The molecule has 0 aliphatic heterocycles. The molecule has 3 nitrogen and oxygen atoms in total. The Labute approximate surface area is 124 Å². The Morgan fingerprint density at radius 2 is 2.11 bits per heavy atom. The number of ketones is 1. The second kappa shape index (κ2) is 5.02. The van der Waals surface area contributed by atoms with Crippen LogP contribution in [0, 0.1) is 0 Å². The topological polar surface area (TPSA) is 42.9 Å². The molecule has 0 atom stereocenters. The fraction of sp³-hybridized carbons (Fsp3) is 0.214. The van der Waals surface area contributed by atoms with Gasteiger partial charge in [-0.1, -0.05) is 11.6 Å². The van der Waals surface area contributed by atoms with Crippen LogP contribution < -0.4 is 0 Å². The van der Waals surface area contributed by atoms with Crippen molar-refractivity contribution in [1.29, 1.82) is 0 Å². The Kier molecular flexibility index (Phi) is 3.37. The van der Waals surface area contributed by atoms with Gasteiger partial charge >= 0.3 is 0 Å². The first-order chi connectivity index (χ1) is 9.15. The maximum atomic E-state index is 11.7. The van der Waals surface area contributed by atoms with Crippen molar-refractivity contribution in [2.24, 2.45) is 0 Å².